The van der Waals surface area contributed by atoms with Crippen LogP contribution in [0.3, 0.4) is 0 Å². The van der Waals surface area contributed by atoms with Gasteiger partial charge in [-0.3, -0.25) is 14.9 Å². The highest BCUT2D eigenvalue weighted by atomic mass is 16.6. The van der Waals surface area contributed by atoms with Crippen LogP contribution in [0.1, 0.15) is 17.5 Å². The lowest BCUT2D eigenvalue weighted by Crippen LogP contribution is -2.06. The molecule has 0 heterocycles. The summed E-state index contributed by atoms with van der Waals surface area (Å²) in [5.74, 6) is 0.590. The van der Waals surface area contributed by atoms with Gasteiger partial charge in [0.15, 0.2) is 0 Å². The lowest BCUT2D eigenvalue weighted by molar-refractivity contribution is -0.384. The van der Waals surface area contributed by atoms with E-state index in [1.807, 2.05) is 66.7 Å². The van der Waals surface area contributed by atoms with Crippen LogP contribution in [0.5, 0.6) is 11.5 Å². The number of allylic oxidation sites excluding steroid dienone is 2. The molecule has 3 aromatic carbocycles. The van der Waals surface area contributed by atoms with E-state index in [2.05, 4.69) is 0 Å². The zero-order chi connectivity index (χ0) is 22.1. The Morgan fingerprint density at radius 2 is 1.52 bits per heavy atom. The number of nitro benzene ring substituents is 1. The van der Waals surface area contributed by atoms with Crippen molar-refractivity contribution in [3.8, 4) is 11.5 Å². The number of nitrogens with zero attached hydrogens (tertiary/aromatic N) is 1. The molecule has 0 unspecified atom stereocenters. The van der Waals surface area contributed by atoms with Crippen LogP contribution in [-0.2, 0) is 4.79 Å². The molecule has 0 atom stereocenters. The second-order valence-electron chi connectivity index (χ2n) is 6.53. The number of hydrogen-bond acceptors (Lipinski definition) is 5. The van der Waals surface area contributed by atoms with Gasteiger partial charge in [0.25, 0.3) is 5.69 Å². The van der Waals surface area contributed by atoms with Gasteiger partial charge in [-0.05, 0) is 41.0 Å². The van der Waals surface area contributed by atoms with Gasteiger partial charge in [0.2, 0.25) is 0 Å². The number of methoxy groups -OCH3 is 1. The Hall–Kier alpha value is -4.19. The minimum absolute atomic E-state index is 0.0585. The van der Waals surface area contributed by atoms with E-state index < -0.39 is 10.9 Å². The van der Waals surface area contributed by atoms with Crippen molar-refractivity contribution in [2.75, 3.05) is 7.11 Å². The predicted molar refractivity (Wildman–Crippen MR) is 119 cm³/mol. The Balaban J connectivity index is 1.69. The van der Waals surface area contributed by atoms with E-state index in [9.17, 15) is 14.9 Å². The molecule has 0 fully saturated rings. The van der Waals surface area contributed by atoms with Crippen LogP contribution in [0, 0.1) is 10.1 Å². The van der Waals surface area contributed by atoms with E-state index in [1.54, 1.807) is 13.2 Å². The maximum atomic E-state index is 12.0. The molecule has 0 amide bonds. The van der Waals surface area contributed by atoms with Crippen molar-refractivity contribution < 1.29 is 19.2 Å². The van der Waals surface area contributed by atoms with Gasteiger partial charge in [-0.2, -0.15) is 0 Å². The topological polar surface area (TPSA) is 78.7 Å². The minimum Gasteiger partial charge on any atom is -0.497 e. The van der Waals surface area contributed by atoms with Gasteiger partial charge >= 0.3 is 5.97 Å². The van der Waals surface area contributed by atoms with E-state index in [0.717, 1.165) is 22.4 Å². The van der Waals surface area contributed by atoms with Crippen LogP contribution in [0.4, 0.5) is 5.69 Å². The fourth-order valence-corrected chi connectivity index (χ4v) is 2.88. The summed E-state index contributed by atoms with van der Waals surface area (Å²) in [6.07, 6.45) is 5.53. The molecule has 156 valence electrons. The monoisotopic (exact) mass is 415 g/mol. The number of esters is 1. The number of hydrogen-bond donors (Lipinski definition) is 0. The lowest BCUT2D eigenvalue weighted by atomic mass is 9.97. The molecule has 31 heavy (non-hydrogen) atoms. The molecule has 0 spiro atoms. The van der Waals surface area contributed by atoms with E-state index in [4.69, 9.17) is 9.47 Å². The molecular weight excluding hydrogens is 394 g/mol. The Morgan fingerprint density at radius 3 is 2.13 bits per heavy atom. The van der Waals surface area contributed by atoms with Gasteiger partial charge < -0.3 is 9.47 Å². The Kier molecular flexibility index (Phi) is 7.32. The summed E-state index contributed by atoms with van der Waals surface area (Å²) in [4.78, 5) is 22.2. The molecule has 0 saturated carbocycles. The molecule has 0 N–H and O–H groups in total. The van der Waals surface area contributed by atoms with E-state index in [1.165, 1.54) is 24.3 Å². The first-order valence-corrected chi connectivity index (χ1v) is 9.58. The fraction of sp³-hybridized carbons (Fsp3) is 0.0800. The predicted octanol–water partition coefficient (Wildman–Crippen LogP) is 5.59. The van der Waals surface area contributed by atoms with Gasteiger partial charge in [0.1, 0.15) is 11.5 Å². The third-order valence-corrected chi connectivity index (χ3v) is 4.45. The Morgan fingerprint density at radius 1 is 0.903 bits per heavy atom. The molecule has 6 heteroatoms. The van der Waals surface area contributed by atoms with E-state index in [0.29, 0.717) is 0 Å². The van der Waals surface area contributed by atoms with Crippen LogP contribution < -0.4 is 9.47 Å². The van der Waals surface area contributed by atoms with Crippen molar-refractivity contribution in [2.24, 2.45) is 0 Å². The standard InChI is InChI=1S/C25H21NO5/c1-30-22-15-11-20(12-16-22)24(19-7-3-2-4-8-19)9-5-6-10-25(27)31-23-17-13-21(14-18-23)26(28)29/h2-9,11-18H,10H2,1H3/b6-5+,24-9-. The summed E-state index contributed by atoms with van der Waals surface area (Å²) < 4.78 is 10.4. The second kappa shape index (κ2) is 10.5. The zero-order valence-electron chi connectivity index (χ0n) is 16.9. The molecule has 0 aliphatic heterocycles. The lowest BCUT2D eigenvalue weighted by Gasteiger charge is -2.09. The van der Waals surface area contributed by atoms with Crippen molar-refractivity contribution in [3.63, 3.8) is 0 Å². The van der Waals surface area contributed by atoms with Crippen molar-refractivity contribution in [2.45, 2.75) is 6.42 Å². The van der Waals surface area contributed by atoms with Gasteiger partial charge in [0.05, 0.1) is 18.5 Å². The number of nitro groups is 1. The van der Waals surface area contributed by atoms with E-state index in [-0.39, 0.29) is 17.9 Å². The van der Waals surface area contributed by atoms with Crippen LogP contribution >= 0.6 is 0 Å². The van der Waals surface area contributed by atoms with Gasteiger partial charge in [-0.25, -0.2) is 0 Å². The number of non-ortho nitro benzene ring substituents is 1. The van der Waals surface area contributed by atoms with Crippen molar-refractivity contribution >= 4 is 17.2 Å². The number of carbonyl (C=O) groups excluding carboxylic acids is 1. The fourth-order valence-electron chi connectivity index (χ4n) is 2.88. The van der Waals surface area contributed by atoms with Crippen molar-refractivity contribution in [1.29, 1.82) is 0 Å². The first-order valence-electron chi connectivity index (χ1n) is 9.58. The third-order valence-electron chi connectivity index (χ3n) is 4.45. The van der Waals surface area contributed by atoms with Gasteiger partial charge in [-0.15, -0.1) is 0 Å². The molecule has 3 rings (SSSR count). The summed E-state index contributed by atoms with van der Waals surface area (Å²) in [6.45, 7) is 0. The quantitative estimate of drug-likeness (QED) is 0.158. The normalized spacial score (nSPS) is 11.3. The summed E-state index contributed by atoms with van der Waals surface area (Å²) in [6, 6.07) is 23.1. The second-order valence-corrected chi connectivity index (χ2v) is 6.53. The van der Waals surface area contributed by atoms with Crippen LogP contribution in [0.25, 0.3) is 5.57 Å². The zero-order valence-corrected chi connectivity index (χ0v) is 16.9. The molecule has 0 saturated heterocycles. The molecular formula is C25H21NO5. The average Bonchev–Trinajstić information content (AvgIpc) is 2.80. The summed E-state index contributed by atoms with van der Waals surface area (Å²) in [5.41, 5.74) is 3.01. The number of benzene rings is 3. The molecule has 0 aromatic heterocycles. The van der Waals surface area contributed by atoms with Gasteiger partial charge in [0, 0.05) is 12.1 Å². The summed E-state index contributed by atoms with van der Waals surface area (Å²) >= 11 is 0. The van der Waals surface area contributed by atoms with Crippen molar-refractivity contribution in [3.05, 3.63) is 118 Å². The van der Waals surface area contributed by atoms with Crippen LogP contribution in [-0.4, -0.2) is 18.0 Å². The smallest absolute Gasteiger partial charge is 0.315 e. The molecule has 0 bridgehead atoms. The number of carbonyl (C=O) groups is 1. The molecule has 3 aromatic rings. The van der Waals surface area contributed by atoms with E-state index >= 15 is 0 Å². The largest absolute Gasteiger partial charge is 0.497 e. The van der Waals surface area contributed by atoms with Gasteiger partial charge in [-0.1, -0.05) is 60.7 Å². The van der Waals surface area contributed by atoms with Crippen LogP contribution in [0.2, 0.25) is 0 Å². The molecule has 0 radical (unpaired) electrons. The number of ether oxygens (including phenoxy) is 2. The summed E-state index contributed by atoms with van der Waals surface area (Å²) in [7, 11) is 1.63. The van der Waals surface area contributed by atoms with Crippen LogP contribution in [0.15, 0.2) is 97.1 Å². The molecule has 0 aliphatic rings. The highest BCUT2D eigenvalue weighted by molar-refractivity contribution is 5.81. The maximum Gasteiger partial charge on any atom is 0.315 e. The highest BCUT2D eigenvalue weighted by Gasteiger charge is 2.07. The molecule has 6 nitrogen and oxygen atoms in total. The van der Waals surface area contributed by atoms with Crippen molar-refractivity contribution in [1.82, 2.24) is 0 Å². The first-order chi connectivity index (χ1) is 15.1. The Bertz CT molecular complexity index is 1090. The first kappa shape index (κ1) is 21.5. The summed E-state index contributed by atoms with van der Waals surface area (Å²) in [5, 5.41) is 10.7. The third kappa shape index (κ3) is 6.14. The number of rotatable bonds is 8. The minimum atomic E-state index is -0.506. The maximum absolute atomic E-state index is 12.0. The highest BCUT2D eigenvalue weighted by Crippen LogP contribution is 2.25. The molecule has 0 aliphatic carbocycles. The Labute approximate surface area is 180 Å². The average molecular weight is 415 g/mol. The SMILES string of the molecule is COc1ccc(/C(=C\C=C\CC(=O)Oc2ccc([N+](=O)[O-])cc2)c2ccccc2)cc1.